The zero-order valence-corrected chi connectivity index (χ0v) is 16.0. The van der Waals surface area contributed by atoms with E-state index in [0.29, 0.717) is 16.6 Å². The van der Waals surface area contributed by atoms with Gasteiger partial charge in [-0.15, -0.1) is 10.2 Å². The summed E-state index contributed by atoms with van der Waals surface area (Å²) in [4.78, 5) is 0. The summed E-state index contributed by atoms with van der Waals surface area (Å²) in [5.74, 6) is -0.241. The van der Waals surface area contributed by atoms with E-state index in [4.69, 9.17) is 0 Å². The Morgan fingerprint density at radius 3 is 2.71 bits per heavy atom. The Bertz CT molecular complexity index is 1250. The number of hydrogen-bond acceptors (Lipinski definition) is 3. The highest BCUT2D eigenvalue weighted by Crippen LogP contribution is 2.32. The molecule has 5 heteroatoms. The van der Waals surface area contributed by atoms with Gasteiger partial charge in [0, 0.05) is 29.6 Å². The molecule has 2 aromatic heterocycles. The number of benzene rings is 2. The molecule has 0 atom stereocenters. The van der Waals surface area contributed by atoms with Crippen molar-refractivity contribution in [1.29, 1.82) is 0 Å². The van der Waals surface area contributed by atoms with E-state index in [2.05, 4.69) is 21.4 Å². The number of halogens is 1. The molecule has 4 aromatic rings. The summed E-state index contributed by atoms with van der Waals surface area (Å²) in [6.07, 6.45) is 8.63. The minimum absolute atomic E-state index is 0.241. The van der Waals surface area contributed by atoms with E-state index in [0.717, 1.165) is 46.9 Å². The van der Waals surface area contributed by atoms with E-state index in [-0.39, 0.29) is 5.82 Å². The number of allylic oxidation sites excluding steroid dienone is 2. The van der Waals surface area contributed by atoms with Crippen molar-refractivity contribution in [2.75, 3.05) is 0 Å². The lowest BCUT2D eigenvalue weighted by molar-refractivity contribution is 0.638. The third kappa shape index (κ3) is 2.87. The molecule has 28 heavy (non-hydrogen) atoms. The molecule has 5 rings (SSSR count). The highest BCUT2D eigenvalue weighted by atomic mass is 19.1. The molecule has 0 saturated heterocycles. The second kappa shape index (κ2) is 6.51. The molecule has 0 fully saturated rings. The van der Waals surface area contributed by atoms with Crippen molar-refractivity contribution in [1.82, 2.24) is 20.0 Å². The zero-order valence-electron chi connectivity index (χ0n) is 16.0. The van der Waals surface area contributed by atoms with Crippen LogP contribution < -0.4 is 0 Å². The van der Waals surface area contributed by atoms with Crippen LogP contribution in [0.15, 0.2) is 42.6 Å². The second-order valence-electron chi connectivity index (χ2n) is 7.63. The van der Waals surface area contributed by atoms with Gasteiger partial charge in [0.1, 0.15) is 5.82 Å². The first-order valence-corrected chi connectivity index (χ1v) is 9.69. The molecular weight excluding hydrogens is 351 g/mol. The van der Waals surface area contributed by atoms with Crippen LogP contribution >= 0.6 is 0 Å². The first kappa shape index (κ1) is 17.0. The number of aryl methyl sites for hydroxylation is 2. The highest BCUT2D eigenvalue weighted by molar-refractivity contribution is 5.89. The highest BCUT2D eigenvalue weighted by Gasteiger charge is 2.14. The van der Waals surface area contributed by atoms with E-state index >= 15 is 0 Å². The maximum Gasteiger partial charge on any atom is 0.133 e. The number of aromatic nitrogens is 4. The summed E-state index contributed by atoms with van der Waals surface area (Å²) in [5, 5.41) is 14.8. The summed E-state index contributed by atoms with van der Waals surface area (Å²) >= 11 is 0. The first-order valence-electron chi connectivity index (χ1n) is 9.69. The minimum Gasteiger partial charge on any atom is -0.275 e. The molecule has 2 aromatic carbocycles. The number of nitrogens with zero attached hydrogens (tertiary/aromatic N) is 4. The summed E-state index contributed by atoms with van der Waals surface area (Å²) in [7, 11) is 1.91. The molecule has 0 N–H and O–H groups in total. The fraction of sp³-hybridized carbons (Fsp3) is 0.261. The van der Waals surface area contributed by atoms with Crippen molar-refractivity contribution >= 4 is 27.4 Å². The Hall–Kier alpha value is -3.08. The van der Waals surface area contributed by atoms with E-state index < -0.39 is 0 Å². The van der Waals surface area contributed by atoms with Crippen molar-refractivity contribution in [2.45, 2.75) is 32.6 Å². The molecule has 0 unspecified atom stereocenters. The van der Waals surface area contributed by atoms with Crippen LogP contribution in [0.3, 0.4) is 0 Å². The molecule has 0 saturated carbocycles. The monoisotopic (exact) mass is 372 g/mol. The quantitative estimate of drug-likeness (QED) is 0.461. The Morgan fingerprint density at radius 2 is 1.89 bits per heavy atom. The summed E-state index contributed by atoms with van der Waals surface area (Å²) in [6, 6.07) is 9.46. The van der Waals surface area contributed by atoms with Crippen molar-refractivity contribution in [3.05, 3.63) is 59.5 Å². The van der Waals surface area contributed by atoms with Gasteiger partial charge in [0.2, 0.25) is 0 Å². The van der Waals surface area contributed by atoms with Crippen LogP contribution in [0, 0.1) is 12.7 Å². The van der Waals surface area contributed by atoms with E-state index in [9.17, 15) is 4.39 Å². The molecule has 2 heterocycles. The van der Waals surface area contributed by atoms with Gasteiger partial charge in [0.25, 0.3) is 0 Å². The molecule has 4 nitrogen and oxygen atoms in total. The van der Waals surface area contributed by atoms with Crippen molar-refractivity contribution in [2.24, 2.45) is 7.05 Å². The van der Waals surface area contributed by atoms with Crippen LogP contribution in [0.2, 0.25) is 0 Å². The molecule has 0 bridgehead atoms. The van der Waals surface area contributed by atoms with Gasteiger partial charge < -0.3 is 0 Å². The average Bonchev–Trinajstić information content (AvgIpc) is 3.09. The van der Waals surface area contributed by atoms with Gasteiger partial charge in [-0.05, 0) is 79.6 Å². The van der Waals surface area contributed by atoms with Gasteiger partial charge in [-0.2, -0.15) is 5.10 Å². The first-order chi connectivity index (χ1) is 13.6. The predicted molar refractivity (Wildman–Crippen MR) is 110 cm³/mol. The largest absolute Gasteiger partial charge is 0.275 e. The van der Waals surface area contributed by atoms with Gasteiger partial charge in [0.15, 0.2) is 0 Å². The summed E-state index contributed by atoms with van der Waals surface area (Å²) in [5.41, 5.74) is 6.38. The number of fused-ring (bicyclic) bond motifs is 2. The van der Waals surface area contributed by atoms with E-state index in [1.165, 1.54) is 12.0 Å². The average molecular weight is 372 g/mol. The van der Waals surface area contributed by atoms with Crippen LogP contribution in [-0.2, 0) is 7.05 Å². The Morgan fingerprint density at radius 1 is 1.00 bits per heavy atom. The van der Waals surface area contributed by atoms with E-state index in [1.807, 2.05) is 38.4 Å². The van der Waals surface area contributed by atoms with Gasteiger partial charge in [0.05, 0.1) is 16.7 Å². The third-order valence-corrected chi connectivity index (χ3v) is 5.53. The Kier molecular flexibility index (Phi) is 3.97. The summed E-state index contributed by atoms with van der Waals surface area (Å²) in [6.45, 7) is 2.03. The smallest absolute Gasteiger partial charge is 0.133 e. The maximum absolute atomic E-state index is 14.9. The zero-order chi connectivity index (χ0) is 19.3. The molecule has 1 aliphatic carbocycles. The molecule has 0 radical (unpaired) electrons. The van der Waals surface area contributed by atoms with Crippen LogP contribution in [0.4, 0.5) is 4.39 Å². The van der Waals surface area contributed by atoms with E-state index in [1.54, 1.807) is 16.8 Å². The van der Waals surface area contributed by atoms with Gasteiger partial charge in [-0.1, -0.05) is 6.08 Å². The second-order valence-corrected chi connectivity index (χ2v) is 7.63. The lowest BCUT2D eigenvalue weighted by atomic mass is 9.93. The predicted octanol–water partition coefficient (Wildman–Crippen LogP) is 5.59. The third-order valence-electron chi connectivity index (χ3n) is 5.53. The van der Waals surface area contributed by atoms with Crippen LogP contribution in [0.1, 0.15) is 36.8 Å². The van der Waals surface area contributed by atoms with Crippen LogP contribution in [-0.4, -0.2) is 20.0 Å². The Balaban J connectivity index is 1.62. The fourth-order valence-corrected chi connectivity index (χ4v) is 4.11. The molecule has 1 aliphatic rings. The van der Waals surface area contributed by atoms with Gasteiger partial charge in [-0.3, -0.25) is 4.68 Å². The normalized spacial score (nSPS) is 14.6. The van der Waals surface area contributed by atoms with Gasteiger partial charge >= 0.3 is 0 Å². The van der Waals surface area contributed by atoms with Crippen molar-refractivity contribution in [3.63, 3.8) is 0 Å². The van der Waals surface area contributed by atoms with Crippen LogP contribution in [0.25, 0.3) is 38.6 Å². The number of rotatable bonds is 2. The molecule has 0 aliphatic heterocycles. The Labute approximate surface area is 162 Å². The fourth-order valence-electron chi connectivity index (χ4n) is 4.11. The topological polar surface area (TPSA) is 43.6 Å². The SMILES string of the molecule is Cc1cc(-c2cc3c(F)cc(C4=CCCCC4)cc3nn2)cc2cn(C)nc12. The standard InChI is InChI=1S/C23H21FN4/c1-14-8-17(9-18-13-28(2)27-23(14)18)21-12-19-20(24)10-16(11-22(19)26-25-21)15-6-4-3-5-7-15/h6,8-13H,3-5,7H2,1-2H3. The molecule has 140 valence electrons. The maximum atomic E-state index is 14.9. The lowest BCUT2D eigenvalue weighted by Crippen LogP contribution is -1.96. The number of hydrogen-bond donors (Lipinski definition) is 0. The van der Waals surface area contributed by atoms with Gasteiger partial charge in [-0.25, -0.2) is 4.39 Å². The minimum atomic E-state index is -0.241. The van der Waals surface area contributed by atoms with Crippen molar-refractivity contribution < 1.29 is 4.39 Å². The lowest BCUT2D eigenvalue weighted by Gasteiger charge is -2.14. The van der Waals surface area contributed by atoms with Crippen LogP contribution in [0.5, 0.6) is 0 Å². The molecule has 0 amide bonds. The molecule has 0 spiro atoms. The summed E-state index contributed by atoms with van der Waals surface area (Å²) < 4.78 is 16.7. The van der Waals surface area contributed by atoms with Crippen molar-refractivity contribution in [3.8, 4) is 11.3 Å². The molecular formula is C23H21FN4.